The SMILES string of the molecule is NC(=O)[C@H](CS)NC(=O)CN(CC(=O)N[C@@H](CS)C(N)=O)CC(=O)N[C@@H](CS)C(N)=O. The maximum absolute atomic E-state index is 12.2. The van der Waals surface area contributed by atoms with Crippen LogP contribution in [0.5, 0.6) is 0 Å². The molecule has 31 heavy (non-hydrogen) atoms. The number of nitrogens with two attached hydrogens (primary N) is 3. The van der Waals surface area contributed by atoms with E-state index in [-0.39, 0.29) is 17.3 Å². The van der Waals surface area contributed by atoms with Gasteiger partial charge in [0.25, 0.3) is 0 Å². The van der Waals surface area contributed by atoms with Gasteiger partial charge in [-0.05, 0) is 0 Å². The summed E-state index contributed by atoms with van der Waals surface area (Å²) >= 11 is 11.7. The van der Waals surface area contributed by atoms with Gasteiger partial charge in [-0.3, -0.25) is 33.7 Å². The van der Waals surface area contributed by atoms with Gasteiger partial charge in [0.2, 0.25) is 35.4 Å². The maximum Gasteiger partial charge on any atom is 0.240 e. The normalized spacial score (nSPS) is 13.5. The van der Waals surface area contributed by atoms with Crippen LogP contribution in [0.4, 0.5) is 0 Å². The topological polar surface area (TPSA) is 220 Å². The molecule has 16 heteroatoms. The van der Waals surface area contributed by atoms with Gasteiger partial charge < -0.3 is 33.2 Å². The summed E-state index contributed by atoms with van der Waals surface area (Å²) in [6, 6.07) is -3.19. The van der Waals surface area contributed by atoms with Crippen molar-refractivity contribution in [3.05, 3.63) is 0 Å². The van der Waals surface area contributed by atoms with Crippen LogP contribution in [-0.2, 0) is 28.8 Å². The number of thiol groups is 3. The van der Waals surface area contributed by atoms with Gasteiger partial charge in [-0.1, -0.05) is 0 Å². The molecule has 0 saturated heterocycles. The molecule has 0 saturated carbocycles. The van der Waals surface area contributed by atoms with Crippen LogP contribution in [0.1, 0.15) is 0 Å². The largest absolute Gasteiger partial charge is 0.368 e. The minimum absolute atomic E-state index is 0.0630. The van der Waals surface area contributed by atoms with Crippen molar-refractivity contribution in [2.75, 3.05) is 36.9 Å². The van der Waals surface area contributed by atoms with E-state index in [1.807, 2.05) is 0 Å². The van der Waals surface area contributed by atoms with Crippen LogP contribution in [0.25, 0.3) is 0 Å². The Morgan fingerprint density at radius 1 is 0.581 bits per heavy atom. The van der Waals surface area contributed by atoms with E-state index in [0.717, 1.165) is 4.90 Å². The molecule has 0 radical (unpaired) electrons. The third kappa shape index (κ3) is 11.7. The monoisotopic (exact) mass is 497 g/mol. The van der Waals surface area contributed by atoms with E-state index < -0.39 is 73.2 Å². The molecule has 176 valence electrons. The van der Waals surface area contributed by atoms with Gasteiger partial charge in [-0.25, -0.2) is 0 Å². The van der Waals surface area contributed by atoms with E-state index in [2.05, 4.69) is 53.8 Å². The van der Waals surface area contributed by atoms with E-state index >= 15 is 0 Å². The first-order chi connectivity index (χ1) is 14.4. The third-order valence-corrected chi connectivity index (χ3v) is 4.78. The average Bonchev–Trinajstić information content (AvgIpc) is 2.67. The minimum Gasteiger partial charge on any atom is -0.368 e. The molecule has 0 fully saturated rings. The first kappa shape index (κ1) is 28.8. The van der Waals surface area contributed by atoms with Crippen molar-refractivity contribution < 1.29 is 28.8 Å². The maximum atomic E-state index is 12.2. The molecule has 6 amide bonds. The molecule has 0 unspecified atom stereocenters. The van der Waals surface area contributed by atoms with Crippen LogP contribution < -0.4 is 33.2 Å². The summed E-state index contributed by atoms with van der Waals surface area (Å²) in [6.07, 6.45) is 0. The quantitative estimate of drug-likeness (QED) is 0.100. The van der Waals surface area contributed by atoms with Crippen molar-refractivity contribution in [3.8, 4) is 0 Å². The molecule has 0 aliphatic rings. The van der Waals surface area contributed by atoms with E-state index in [9.17, 15) is 28.8 Å². The number of primary amides is 3. The first-order valence-corrected chi connectivity index (χ1v) is 10.7. The second-order valence-corrected chi connectivity index (χ2v) is 7.36. The molecule has 3 atom stereocenters. The van der Waals surface area contributed by atoms with Gasteiger partial charge in [0, 0.05) is 17.3 Å². The molecule has 0 rings (SSSR count). The standard InChI is InChI=1S/C15H27N7O6S3/c16-13(26)7(4-29)19-10(23)1-22(2-11(24)20-8(5-30)14(17)27)3-12(25)21-9(6-31)15(18)28/h7-9,29-31H,1-6H2,(H2,16,26)(H2,17,27)(H2,18,28)(H,19,23)(H,20,24)(H,21,25)/t7-,8-,9-/m0/s1. The predicted octanol–water partition coefficient (Wildman–Crippen LogP) is -5.01. The molecule has 0 aliphatic heterocycles. The van der Waals surface area contributed by atoms with Crippen LogP contribution in [0, 0.1) is 0 Å². The van der Waals surface area contributed by atoms with E-state index in [1.165, 1.54) is 0 Å². The van der Waals surface area contributed by atoms with Crippen LogP contribution in [-0.4, -0.2) is 95.4 Å². The summed E-state index contributed by atoms with van der Waals surface area (Å²) in [4.78, 5) is 71.6. The summed E-state index contributed by atoms with van der Waals surface area (Å²) in [5.41, 5.74) is 15.4. The average molecular weight is 498 g/mol. The summed E-state index contributed by atoms with van der Waals surface area (Å²) < 4.78 is 0. The Morgan fingerprint density at radius 3 is 0.968 bits per heavy atom. The van der Waals surface area contributed by atoms with E-state index in [0.29, 0.717) is 0 Å². The highest BCUT2D eigenvalue weighted by Gasteiger charge is 2.24. The van der Waals surface area contributed by atoms with Gasteiger partial charge in [0.05, 0.1) is 19.6 Å². The fourth-order valence-electron chi connectivity index (χ4n) is 2.12. The minimum atomic E-state index is -1.06. The van der Waals surface area contributed by atoms with Gasteiger partial charge in [-0.2, -0.15) is 37.9 Å². The summed E-state index contributed by atoms with van der Waals surface area (Å²) in [5, 5.41) is 6.95. The molecule has 0 aromatic carbocycles. The third-order valence-electron chi connectivity index (χ3n) is 3.69. The molecular weight excluding hydrogens is 470 g/mol. The lowest BCUT2D eigenvalue weighted by molar-refractivity contribution is -0.132. The Hall–Kier alpha value is -2.17. The summed E-state index contributed by atoms with van der Waals surface area (Å²) in [6.45, 7) is -1.49. The first-order valence-electron chi connectivity index (χ1n) is 8.76. The Labute approximate surface area is 195 Å². The van der Waals surface area contributed by atoms with Gasteiger partial charge >= 0.3 is 0 Å². The number of nitrogens with zero attached hydrogens (tertiary/aromatic N) is 1. The van der Waals surface area contributed by atoms with Crippen LogP contribution >= 0.6 is 37.9 Å². The highest BCUT2D eigenvalue weighted by molar-refractivity contribution is 7.80. The number of carbonyl (C=O) groups is 6. The van der Waals surface area contributed by atoms with Crippen molar-refractivity contribution in [2.45, 2.75) is 18.1 Å². The molecular formula is C15H27N7O6S3. The summed E-state index contributed by atoms with van der Waals surface area (Å²) in [7, 11) is 0. The fourth-order valence-corrected chi connectivity index (χ4v) is 2.93. The highest BCUT2D eigenvalue weighted by Crippen LogP contribution is 1.95. The van der Waals surface area contributed by atoms with Crippen molar-refractivity contribution in [3.63, 3.8) is 0 Å². The number of amides is 6. The van der Waals surface area contributed by atoms with Crippen molar-refractivity contribution in [1.82, 2.24) is 20.9 Å². The fraction of sp³-hybridized carbons (Fsp3) is 0.600. The number of nitrogens with one attached hydrogen (secondary N) is 3. The molecule has 13 nitrogen and oxygen atoms in total. The van der Waals surface area contributed by atoms with Crippen molar-refractivity contribution >= 4 is 73.3 Å². The zero-order valence-electron chi connectivity index (χ0n) is 16.4. The number of hydrogen-bond donors (Lipinski definition) is 9. The van der Waals surface area contributed by atoms with E-state index in [4.69, 9.17) is 17.2 Å². The Kier molecular flexibility index (Phi) is 13.7. The Morgan fingerprint density at radius 2 is 0.806 bits per heavy atom. The zero-order valence-corrected chi connectivity index (χ0v) is 19.1. The molecule has 0 aromatic heterocycles. The van der Waals surface area contributed by atoms with Gasteiger partial charge in [-0.15, -0.1) is 0 Å². The molecule has 0 aromatic rings. The molecule has 0 bridgehead atoms. The number of rotatable bonds is 15. The Balaban J connectivity index is 5.27. The smallest absolute Gasteiger partial charge is 0.240 e. The van der Waals surface area contributed by atoms with Crippen molar-refractivity contribution in [1.29, 1.82) is 0 Å². The highest BCUT2D eigenvalue weighted by atomic mass is 32.1. The number of carbonyl (C=O) groups excluding carboxylic acids is 6. The van der Waals surface area contributed by atoms with Crippen molar-refractivity contribution in [2.24, 2.45) is 17.2 Å². The predicted molar refractivity (Wildman–Crippen MR) is 121 cm³/mol. The number of hydrogen-bond acceptors (Lipinski definition) is 10. The molecule has 0 spiro atoms. The van der Waals surface area contributed by atoms with Crippen LogP contribution in [0.15, 0.2) is 0 Å². The van der Waals surface area contributed by atoms with Crippen LogP contribution in [0.2, 0.25) is 0 Å². The second kappa shape index (κ2) is 14.8. The lowest BCUT2D eigenvalue weighted by Gasteiger charge is -2.24. The van der Waals surface area contributed by atoms with Gasteiger partial charge in [0.15, 0.2) is 0 Å². The summed E-state index contributed by atoms with van der Waals surface area (Å²) in [5.74, 6) is -4.81. The Bertz CT molecular complexity index is 606. The molecule has 0 heterocycles. The zero-order chi connectivity index (χ0) is 24.1. The van der Waals surface area contributed by atoms with Crippen LogP contribution in [0.3, 0.4) is 0 Å². The van der Waals surface area contributed by atoms with E-state index in [1.54, 1.807) is 0 Å². The second-order valence-electron chi connectivity index (χ2n) is 6.26. The lowest BCUT2D eigenvalue weighted by atomic mass is 10.3. The molecule has 9 N–H and O–H groups in total. The lowest BCUT2D eigenvalue weighted by Crippen LogP contribution is -2.54. The van der Waals surface area contributed by atoms with Gasteiger partial charge in [0.1, 0.15) is 18.1 Å². The molecule has 0 aliphatic carbocycles.